The first-order valence-electron chi connectivity index (χ1n) is 11.0. The highest BCUT2D eigenvalue weighted by atomic mass is 32.2. The van der Waals surface area contributed by atoms with Gasteiger partial charge in [0, 0.05) is 51.4 Å². The van der Waals surface area contributed by atoms with E-state index in [1.54, 1.807) is 37.6 Å². The zero-order valence-corrected chi connectivity index (χ0v) is 20.7. The summed E-state index contributed by atoms with van der Waals surface area (Å²) in [4.78, 5) is 29.0. The van der Waals surface area contributed by atoms with E-state index in [4.69, 9.17) is 0 Å². The number of urea groups is 1. The van der Waals surface area contributed by atoms with Crippen LogP contribution in [-0.2, 0) is 16.6 Å². The van der Waals surface area contributed by atoms with Gasteiger partial charge in [-0.25, -0.2) is 17.9 Å². The Morgan fingerprint density at radius 3 is 2.26 bits per heavy atom. The lowest BCUT2D eigenvalue weighted by molar-refractivity contribution is -0.384. The number of amides is 2. The molecule has 0 unspecified atom stereocenters. The van der Waals surface area contributed by atoms with E-state index in [1.165, 1.54) is 12.1 Å². The number of sulfonamides is 1. The van der Waals surface area contributed by atoms with Gasteiger partial charge in [0.2, 0.25) is 10.0 Å². The number of carbonyl (C=O) groups excluding carboxylic acids is 1. The second-order valence-corrected chi connectivity index (χ2v) is 11.0. The average molecular weight is 490 g/mol. The highest BCUT2D eigenvalue weighted by Gasteiger charge is 2.30. The minimum Gasteiger partial charge on any atom is -0.362 e. The zero-order valence-electron chi connectivity index (χ0n) is 19.9. The predicted molar refractivity (Wildman–Crippen MR) is 130 cm³/mol. The van der Waals surface area contributed by atoms with Crippen molar-refractivity contribution < 1.29 is 18.1 Å². The molecular weight excluding hydrogens is 458 g/mol. The molecule has 0 aromatic heterocycles. The van der Waals surface area contributed by atoms with E-state index in [1.807, 2.05) is 35.2 Å². The molecule has 34 heavy (non-hydrogen) atoms. The van der Waals surface area contributed by atoms with E-state index in [0.717, 1.165) is 11.6 Å². The van der Waals surface area contributed by atoms with Crippen molar-refractivity contribution in [2.75, 3.05) is 38.1 Å². The van der Waals surface area contributed by atoms with Gasteiger partial charge >= 0.3 is 6.03 Å². The number of hydrogen-bond donors (Lipinski definition) is 1. The summed E-state index contributed by atoms with van der Waals surface area (Å²) >= 11 is 0. The third-order valence-corrected chi connectivity index (χ3v) is 7.13. The summed E-state index contributed by atoms with van der Waals surface area (Å²) in [5, 5.41) is 11.8. The number of piperazine rings is 1. The molecule has 1 aliphatic heterocycles. The molecule has 1 aliphatic rings. The summed E-state index contributed by atoms with van der Waals surface area (Å²) in [7, 11) is -2.16. The normalized spacial score (nSPS) is 14.7. The molecule has 0 radical (unpaired) electrons. The molecule has 184 valence electrons. The lowest BCUT2D eigenvalue weighted by Gasteiger charge is -2.37. The minimum atomic E-state index is -3.91. The van der Waals surface area contributed by atoms with Crippen molar-refractivity contribution in [3.8, 4) is 0 Å². The van der Waals surface area contributed by atoms with Gasteiger partial charge in [0.05, 0.1) is 9.82 Å². The molecule has 1 heterocycles. The maximum Gasteiger partial charge on any atom is 0.320 e. The number of anilines is 1. The van der Waals surface area contributed by atoms with Gasteiger partial charge in [-0.1, -0.05) is 30.3 Å². The van der Waals surface area contributed by atoms with E-state index < -0.39 is 20.5 Å². The van der Waals surface area contributed by atoms with Crippen molar-refractivity contribution in [3.05, 3.63) is 64.2 Å². The van der Waals surface area contributed by atoms with Crippen molar-refractivity contribution in [1.82, 2.24) is 14.5 Å². The summed E-state index contributed by atoms with van der Waals surface area (Å²) in [6, 6.07) is 13.5. The molecule has 0 aliphatic carbocycles. The summed E-state index contributed by atoms with van der Waals surface area (Å²) < 4.78 is 27.8. The van der Waals surface area contributed by atoms with Gasteiger partial charge in [-0.3, -0.25) is 10.1 Å². The van der Waals surface area contributed by atoms with Crippen molar-refractivity contribution in [2.24, 2.45) is 0 Å². The van der Waals surface area contributed by atoms with Crippen molar-refractivity contribution >= 4 is 27.4 Å². The van der Waals surface area contributed by atoms with Crippen LogP contribution in [-0.4, -0.2) is 67.9 Å². The van der Waals surface area contributed by atoms with Crippen LogP contribution in [0, 0.1) is 10.1 Å². The molecule has 0 atom stereocenters. The fourth-order valence-corrected chi connectivity index (χ4v) is 5.29. The van der Waals surface area contributed by atoms with Crippen LogP contribution in [0.25, 0.3) is 0 Å². The second-order valence-electron chi connectivity index (χ2n) is 9.36. The summed E-state index contributed by atoms with van der Waals surface area (Å²) in [5.74, 6) is 0. The quantitative estimate of drug-likeness (QED) is 0.493. The molecule has 3 rings (SSSR count). The van der Waals surface area contributed by atoms with E-state index >= 15 is 0 Å². The average Bonchev–Trinajstić information content (AvgIpc) is 2.77. The molecule has 0 bridgehead atoms. The van der Waals surface area contributed by atoms with Crippen molar-refractivity contribution in [3.63, 3.8) is 0 Å². The van der Waals surface area contributed by atoms with Crippen LogP contribution in [0.1, 0.15) is 26.3 Å². The fourth-order valence-electron chi connectivity index (χ4n) is 3.85. The van der Waals surface area contributed by atoms with Gasteiger partial charge in [-0.15, -0.1) is 0 Å². The molecule has 1 N–H and O–H groups in total. The van der Waals surface area contributed by atoms with Crippen LogP contribution >= 0.6 is 0 Å². The van der Waals surface area contributed by atoms with E-state index in [2.05, 4.69) is 4.72 Å². The van der Waals surface area contributed by atoms with Gasteiger partial charge in [-0.05, 0) is 38.5 Å². The topological polar surface area (TPSA) is 116 Å². The first kappa shape index (κ1) is 25.4. The van der Waals surface area contributed by atoms with Gasteiger partial charge in [0.25, 0.3) is 5.69 Å². The van der Waals surface area contributed by atoms with Crippen LogP contribution in [0.3, 0.4) is 0 Å². The number of nitro benzene ring substituents is 1. The summed E-state index contributed by atoms with van der Waals surface area (Å²) in [6.07, 6.45) is 0. The lowest BCUT2D eigenvalue weighted by atomic mass is 10.1. The van der Waals surface area contributed by atoms with E-state index in [0.29, 0.717) is 38.4 Å². The number of benzene rings is 2. The number of carbonyl (C=O) groups is 1. The van der Waals surface area contributed by atoms with Crippen molar-refractivity contribution in [2.45, 2.75) is 37.8 Å². The predicted octanol–water partition coefficient (Wildman–Crippen LogP) is 3.05. The van der Waals surface area contributed by atoms with Crippen LogP contribution in [0.4, 0.5) is 16.2 Å². The highest BCUT2D eigenvalue weighted by Crippen LogP contribution is 2.32. The SMILES string of the molecule is CN(Cc1ccccc1)C(=O)N1CCN(c2ccc(S(=O)(=O)NC(C)(C)C)cc2[N+](=O)[O-])CC1. The number of hydrogen-bond acceptors (Lipinski definition) is 6. The molecular formula is C23H31N5O5S. The Morgan fingerprint density at radius 2 is 1.71 bits per heavy atom. The maximum atomic E-state index is 12.8. The van der Waals surface area contributed by atoms with Gasteiger partial charge < -0.3 is 14.7 Å². The first-order valence-corrected chi connectivity index (χ1v) is 12.5. The van der Waals surface area contributed by atoms with E-state index in [9.17, 15) is 23.3 Å². The highest BCUT2D eigenvalue weighted by molar-refractivity contribution is 7.89. The monoisotopic (exact) mass is 489 g/mol. The van der Waals surface area contributed by atoms with Crippen LogP contribution in [0.2, 0.25) is 0 Å². The molecule has 2 aromatic carbocycles. The summed E-state index contributed by atoms with van der Waals surface area (Å²) in [5.41, 5.74) is 0.369. The van der Waals surface area contributed by atoms with Crippen LogP contribution in [0.5, 0.6) is 0 Å². The summed E-state index contributed by atoms with van der Waals surface area (Å²) in [6.45, 7) is 7.20. The Bertz CT molecular complexity index is 1140. The molecule has 1 saturated heterocycles. The Morgan fingerprint density at radius 1 is 1.09 bits per heavy atom. The molecule has 2 amide bonds. The number of nitro groups is 1. The Hall–Kier alpha value is -3.18. The number of nitrogens with one attached hydrogen (secondary N) is 1. The second kappa shape index (κ2) is 9.98. The zero-order chi connectivity index (χ0) is 25.1. The largest absolute Gasteiger partial charge is 0.362 e. The third-order valence-electron chi connectivity index (χ3n) is 5.37. The van der Waals surface area contributed by atoms with Crippen LogP contribution < -0.4 is 9.62 Å². The molecule has 2 aromatic rings. The van der Waals surface area contributed by atoms with Crippen LogP contribution in [0.15, 0.2) is 53.4 Å². The molecule has 10 nitrogen and oxygen atoms in total. The maximum absolute atomic E-state index is 12.8. The molecule has 0 spiro atoms. The molecule has 1 fully saturated rings. The smallest absolute Gasteiger partial charge is 0.320 e. The Balaban J connectivity index is 1.71. The van der Waals surface area contributed by atoms with Gasteiger partial charge in [0.15, 0.2) is 0 Å². The van der Waals surface area contributed by atoms with Crippen molar-refractivity contribution in [1.29, 1.82) is 0 Å². The first-order chi connectivity index (χ1) is 15.9. The molecule has 11 heteroatoms. The minimum absolute atomic E-state index is 0.104. The van der Waals surface area contributed by atoms with E-state index in [-0.39, 0.29) is 16.6 Å². The fraction of sp³-hybridized carbons (Fsp3) is 0.435. The lowest BCUT2D eigenvalue weighted by Crippen LogP contribution is -2.52. The molecule has 0 saturated carbocycles. The Kier molecular flexibility index (Phi) is 7.47. The standard InChI is InChI=1S/C23H31N5O5S/c1-23(2,3)24-34(32,33)19-10-11-20(21(16-19)28(30)31)26-12-14-27(15-13-26)22(29)25(4)17-18-8-6-5-7-9-18/h5-11,16,24H,12-15,17H2,1-4H3. The third kappa shape index (κ3) is 6.23. The van der Waals surface area contributed by atoms with Gasteiger partial charge in [0.1, 0.15) is 5.69 Å². The van der Waals surface area contributed by atoms with Gasteiger partial charge in [-0.2, -0.15) is 0 Å². The Labute approximate surface area is 200 Å². The number of rotatable bonds is 6. The number of nitrogens with zero attached hydrogens (tertiary/aromatic N) is 4.